The second-order valence-electron chi connectivity index (χ2n) is 13.2. The summed E-state index contributed by atoms with van der Waals surface area (Å²) in [7, 11) is 0. The molecule has 3 aliphatic heterocycles. The minimum atomic E-state index is -1.99. The molecule has 6 atom stereocenters. The number of carbonyl (C=O) groups is 4. The Kier molecular flexibility index (Phi) is 8.47. The first kappa shape index (κ1) is 32.6. The molecule has 0 spiro atoms. The van der Waals surface area contributed by atoms with Crippen molar-refractivity contribution in [2.24, 2.45) is 17.8 Å². The zero-order valence-corrected chi connectivity index (χ0v) is 29.0. The van der Waals surface area contributed by atoms with Crippen LogP contribution in [-0.4, -0.2) is 84.4 Å². The molecule has 248 valence electrons. The molecule has 4 fully saturated rings. The number of para-hydroxylation sites is 1. The first-order valence-corrected chi connectivity index (χ1v) is 18.0. The van der Waals surface area contributed by atoms with E-state index < -0.39 is 45.2 Å². The quantitative estimate of drug-likeness (QED) is 0.181. The van der Waals surface area contributed by atoms with Gasteiger partial charge in [-0.1, -0.05) is 70.0 Å². The maximum absolute atomic E-state index is 14.4. The van der Waals surface area contributed by atoms with Gasteiger partial charge in [0.15, 0.2) is 21.2 Å². The molecule has 1 saturated carbocycles. The van der Waals surface area contributed by atoms with Gasteiger partial charge in [0.2, 0.25) is 11.8 Å². The van der Waals surface area contributed by atoms with Crippen molar-refractivity contribution in [2.75, 3.05) is 25.2 Å². The zero-order valence-electron chi connectivity index (χ0n) is 25.9. The number of phenols is 1. The van der Waals surface area contributed by atoms with Crippen LogP contribution in [0.15, 0.2) is 60.2 Å². The zero-order chi connectivity index (χ0) is 33.2. The number of fused-ring (bicyclic) bond motifs is 4. The molecular weight excluding hydrogens is 709 g/mol. The molecule has 3 saturated heterocycles. The molecule has 1 N–H and O–H groups in total. The maximum Gasteiger partial charge on any atom is 0.254 e. The number of carbonyl (C=O) groups excluding carboxylic acids is 4. The minimum Gasteiger partial charge on any atom is -0.504 e. The molecule has 0 aromatic heterocycles. The molecule has 5 aliphatic rings. The van der Waals surface area contributed by atoms with Crippen LogP contribution >= 0.6 is 39.1 Å². The Morgan fingerprint density at radius 2 is 1.68 bits per heavy atom. The number of imide groups is 2. The highest BCUT2D eigenvalue weighted by Gasteiger charge is 2.76. The van der Waals surface area contributed by atoms with Gasteiger partial charge in [-0.25, -0.2) is 0 Å². The Morgan fingerprint density at radius 1 is 0.957 bits per heavy atom. The van der Waals surface area contributed by atoms with Crippen LogP contribution in [0.25, 0.3) is 0 Å². The van der Waals surface area contributed by atoms with Crippen molar-refractivity contribution in [1.29, 1.82) is 0 Å². The Morgan fingerprint density at radius 3 is 2.36 bits per heavy atom. The Bertz CT molecular complexity index is 1670. The summed E-state index contributed by atoms with van der Waals surface area (Å²) in [6.45, 7) is 4.40. The molecule has 4 amide bonds. The number of alkyl halides is 3. The van der Waals surface area contributed by atoms with Gasteiger partial charge in [0.05, 0.1) is 23.9 Å². The molecule has 7 rings (SSSR count). The number of halogens is 3. The summed E-state index contributed by atoms with van der Waals surface area (Å²) in [6, 6.07) is 14.9. The van der Waals surface area contributed by atoms with Crippen molar-refractivity contribution in [3.8, 4) is 11.5 Å². The summed E-state index contributed by atoms with van der Waals surface area (Å²) in [5.41, 5.74) is 2.02. The molecule has 2 aliphatic carbocycles. The summed E-state index contributed by atoms with van der Waals surface area (Å²) in [6.07, 6.45) is 3.42. The van der Waals surface area contributed by atoms with Gasteiger partial charge in [-0.15, -0.1) is 23.2 Å². The highest BCUT2D eigenvalue weighted by Crippen LogP contribution is 2.66. The topological polar surface area (TPSA) is 107 Å². The molecular formula is C35H36BrCl2N3O6. The van der Waals surface area contributed by atoms with Crippen LogP contribution < -0.4 is 4.74 Å². The molecule has 0 radical (unpaired) electrons. The van der Waals surface area contributed by atoms with Crippen molar-refractivity contribution in [3.63, 3.8) is 0 Å². The van der Waals surface area contributed by atoms with E-state index in [1.807, 2.05) is 24.3 Å². The van der Waals surface area contributed by atoms with E-state index in [9.17, 15) is 24.3 Å². The fraction of sp³-hybridized carbons (Fsp3) is 0.486. The van der Waals surface area contributed by atoms with Gasteiger partial charge in [-0.05, 0) is 50.2 Å². The largest absolute Gasteiger partial charge is 0.504 e. The van der Waals surface area contributed by atoms with Gasteiger partial charge in [-0.2, -0.15) is 0 Å². The summed E-state index contributed by atoms with van der Waals surface area (Å²) >= 11 is 17.9. The van der Waals surface area contributed by atoms with E-state index in [-0.39, 0.29) is 59.8 Å². The lowest BCUT2D eigenvalue weighted by molar-refractivity contribution is -0.144. The van der Waals surface area contributed by atoms with Crippen LogP contribution in [0.4, 0.5) is 0 Å². The third-order valence-electron chi connectivity index (χ3n) is 10.9. The maximum atomic E-state index is 14.4. The average molecular weight is 745 g/mol. The van der Waals surface area contributed by atoms with Gasteiger partial charge >= 0.3 is 0 Å². The first-order chi connectivity index (χ1) is 22.6. The van der Waals surface area contributed by atoms with E-state index >= 15 is 0 Å². The Labute approximate surface area is 291 Å². The average Bonchev–Trinajstić information content (AvgIpc) is 3.41. The number of allylic oxidation sites excluding steroid dienone is 2. The van der Waals surface area contributed by atoms with Crippen LogP contribution in [0.3, 0.4) is 0 Å². The van der Waals surface area contributed by atoms with E-state index in [4.69, 9.17) is 27.9 Å². The fourth-order valence-electron chi connectivity index (χ4n) is 8.70. The Hall–Kier alpha value is -2.92. The van der Waals surface area contributed by atoms with Crippen LogP contribution in [0.2, 0.25) is 0 Å². The molecule has 47 heavy (non-hydrogen) atoms. The van der Waals surface area contributed by atoms with Crippen molar-refractivity contribution in [2.45, 2.75) is 60.9 Å². The third-order valence-corrected chi connectivity index (χ3v) is 12.8. The van der Waals surface area contributed by atoms with Crippen molar-refractivity contribution < 1.29 is 29.0 Å². The lowest BCUT2D eigenvalue weighted by atomic mass is 9.56. The molecule has 2 aromatic rings. The van der Waals surface area contributed by atoms with Crippen LogP contribution in [0, 0.1) is 17.8 Å². The van der Waals surface area contributed by atoms with Crippen LogP contribution in [-0.2, 0) is 25.7 Å². The monoisotopic (exact) mass is 743 g/mol. The number of hydrogen-bond acceptors (Lipinski definition) is 7. The number of likely N-dealkylation sites (tertiary alicyclic amines) is 3. The number of benzene rings is 2. The number of rotatable bonds is 7. The highest BCUT2D eigenvalue weighted by molar-refractivity contribution is 9.09. The number of nitrogens with zero attached hydrogens (tertiary/aromatic N) is 3. The molecule has 9 nitrogen and oxygen atoms in total. The predicted molar refractivity (Wildman–Crippen MR) is 179 cm³/mol. The number of piperidine rings is 1. The normalized spacial score (nSPS) is 32.7. The second-order valence-corrected chi connectivity index (χ2v) is 14.9. The lowest BCUT2D eigenvalue weighted by Crippen LogP contribution is -2.60. The van der Waals surface area contributed by atoms with Crippen LogP contribution in [0.1, 0.15) is 49.7 Å². The van der Waals surface area contributed by atoms with Gasteiger partial charge in [0, 0.05) is 37.2 Å². The third kappa shape index (κ3) is 4.80. The Balaban J connectivity index is 1.23. The standard InChI is InChI=1S/C35H36BrCl2N3O6/c1-2-47-26-10-6-9-24(29(26)42)28-22-11-12-23-27(25(22)17-34(37)32(45)40(19-36)33(46)35(28,34)38)31(44)41(30(23)43)21-13-15-39(16-14-21)18-20-7-4-3-5-8-20/h3-11,21,23,25,27-28,42H,2,12-19H2,1H3. The SMILES string of the molecule is CCOc1cccc(C2C3=CCC4C(=O)N(C5CCN(Cc6ccccc6)CC5)C(=O)C4C3CC3(Cl)C(=O)N(CBr)C(=O)C23Cl)c1O. The summed E-state index contributed by atoms with van der Waals surface area (Å²) in [5, 5.41) is 11.5. The fourth-order valence-corrected chi connectivity index (χ4v) is 10.1. The smallest absolute Gasteiger partial charge is 0.254 e. The lowest BCUT2D eigenvalue weighted by Gasteiger charge is -2.50. The van der Waals surface area contributed by atoms with Gasteiger partial charge in [-0.3, -0.25) is 33.9 Å². The molecule has 6 unspecified atom stereocenters. The van der Waals surface area contributed by atoms with E-state index in [1.54, 1.807) is 25.1 Å². The molecule has 0 bridgehead atoms. The summed E-state index contributed by atoms with van der Waals surface area (Å²) < 4.78 is 5.66. The molecule has 2 aromatic carbocycles. The van der Waals surface area contributed by atoms with E-state index in [0.29, 0.717) is 18.4 Å². The molecule has 3 heterocycles. The number of aromatic hydroxyl groups is 1. The highest BCUT2D eigenvalue weighted by atomic mass is 79.9. The van der Waals surface area contributed by atoms with Crippen molar-refractivity contribution in [1.82, 2.24) is 14.7 Å². The predicted octanol–water partition coefficient (Wildman–Crippen LogP) is 5.17. The summed E-state index contributed by atoms with van der Waals surface area (Å²) in [5.74, 6) is -4.89. The van der Waals surface area contributed by atoms with Gasteiger partial charge in [0.1, 0.15) is 0 Å². The second kappa shape index (κ2) is 12.2. The number of ether oxygens (including phenoxy) is 1. The summed E-state index contributed by atoms with van der Waals surface area (Å²) in [4.78, 5) is 57.2. The first-order valence-electron chi connectivity index (χ1n) is 16.1. The van der Waals surface area contributed by atoms with Gasteiger partial charge in [0.25, 0.3) is 11.8 Å². The van der Waals surface area contributed by atoms with Crippen LogP contribution in [0.5, 0.6) is 11.5 Å². The number of phenolic OH excluding ortho intramolecular Hbond substituents is 1. The van der Waals surface area contributed by atoms with E-state index in [0.717, 1.165) is 24.5 Å². The van der Waals surface area contributed by atoms with Crippen molar-refractivity contribution >= 4 is 62.8 Å². The van der Waals surface area contributed by atoms with E-state index in [2.05, 4.69) is 33.0 Å². The van der Waals surface area contributed by atoms with E-state index in [1.165, 1.54) is 10.5 Å². The number of amides is 4. The molecule has 12 heteroatoms. The number of hydrogen-bond donors (Lipinski definition) is 1. The van der Waals surface area contributed by atoms with Crippen molar-refractivity contribution in [3.05, 3.63) is 71.3 Å². The minimum absolute atomic E-state index is 0.0933. The van der Waals surface area contributed by atoms with Gasteiger partial charge < -0.3 is 9.84 Å².